The first kappa shape index (κ1) is 14.3. The average molecular weight is 277 g/mol. The highest BCUT2D eigenvalue weighted by molar-refractivity contribution is 7.90. The Balaban J connectivity index is 2.76. The van der Waals surface area contributed by atoms with Crippen LogP contribution in [0, 0.1) is 0 Å². The van der Waals surface area contributed by atoms with E-state index in [0.29, 0.717) is 18.1 Å². The summed E-state index contributed by atoms with van der Waals surface area (Å²) in [5.74, 6) is 0.125. The predicted octanol–water partition coefficient (Wildman–Crippen LogP) is 1.28. The van der Waals surface area contributed by atoms with Crippen LogP contribution in [0.4, 0.5) is 5.69 Å². The smallest absolute Gasteiger partial charge is 0.149 e. The van der Waals surface area contributed by atoms with E-state index < -0.39 is 9.84 Å². The van der Waals surface area contributed by atoms with Crippen molar-refractivity contribution in [3.8, 4) is 0 Å². The Morgan fingerprint density at radius 3 is 2.53 bits per heavy atom. The monoisotopic (exact) mass is 276 g/mol. The molecule has 1 rings (SSSR count). The molecule has 17 heavy (non-hydrogen) atoms. The van der Waals surface area contributed by atoms with Gasteiger partial charge in [-0.05, 0) is 17.7 Å². The lowest BCUT2D eigenvalue weighted by molar-refractivity contribution is 0.601. The fourth-order valence-electron chi connectivity index (χ4n) is 1.37. The van der Waals surface area contributed by atoms with E-state index in [9.17, 15) is 8.42 Å². The molecule has 0 unspecified atom stereocenters. The highest BCUT2D eigenvalue weighted by Crippen LogP contribution is 2.22. The molecule has 4 nitrogen and oxygen atoms in total. The van der Waals surface area contributed by atoms with Gasteiger partial charge >= 0.3 is 0 Å². The Labute approximate surface area is 107 Å². The Kier molecular flexibility index (Phi) is 4.80. The number of nitrogens with two attached hydrogens (primary N) is 1. The molecule has 0 aliphatic rings. The van der Waals surface area contributed by atoms with Crippen molar-refractivity contribution in [2.45, 2.75) is 6.54 Å². The third-order valence-corrected chi connectivity index (χ3v) is 3.77. The molecule has 0 bridgehead atoms. The summed E-state index contributed by atoms with van der Waals surface area (Å²) in [6.07, 6.45) is 1.23. The van der Waals surface area contributed by atoms with Crippen LogP contribution in [0.1, 0.15) is 5.56 Å². The van der Waals surface area contributed by atoms with Crippen LogP contribution in [0.3, 0.4) is 0 Å². The van der Waals surface area contributed by atoms with E-state index in [1.807, 2.05) is 24.1 Å². The van der Waals surface area contributed by atoms with Gasteiger partial charge in [0.15, 0.2) is 0 Å². The van der Waals surface area contributed by atoms with E-state index in [1.165, 1.54) is 6.26 Å². The van der Waals surface area contributed by atoms with Crippen LogP contribution in [0.2, 0.25) is 5.02 Å². The van der Waals surface area contributed by atoms with Crippen LogP contribution >= 0.6 is 11.6 Å². The van der Waals surface area contributed by atoms with E-state index >= 15 is 0 Å². The van der Waals surface area contributed by atoms with Crippen LogP contribution < -0.4 is 10.6 Å². The van der Waals surface area contributed by atoms with Crippen molar-refractivity contribution in [2.75, 3.05) is 30.5 Å². The van der Waals surface area contributed by atoms with Gasteiger partial charge in [-0.3, -0.25) is 0 Å². The second-order valence-electron chi connectivity index (χ2n) is 4.03. The molecule has 0 heterocycles. The number of benzene rings is 1. The Morgan fingerprint density at radius 2 is 2.06 bits per heavy atom. The standard InChI is InChI=1S/C11H17ClN2O2S/c1-14(5-6-17(2,15)16)10-4-3-9(8-13)11(12)7-10/h3-4,7H,5-6,8,13H2,1-2H3. The number of hydrogen-bond acceptors (Lipinski definition) is 4. The average Bonchev–Trinajstić information content (AvgIpc) is 2.24. The molecular formula is C11H17ClN2O2S. The van der Waals surface area contributed by atoms with Crippen molar-refractivity contribution >= 4 is 27.1 Å². The summed E-state index contributed by atoms with van der Waals surface area (Å²) in [4.78, 5) is 1.85. The summed E-state index contributed by atoms with van der Waals surface area (Å²) in [6.45, 7) is 0.837. The molecule has 6 heteroatoms. The fourth-order valence-corrected chi connectivity index (χ4v) is 2.23. The summed E-state index contributed by atoms with van der Waals surface area (Å²) >= 11 is 6.04. The molecule has 0 atom stereocenters. The van der Waals surface area contributed by atoms with Crippen molar-refractivity contribution in [1.29, 1.82) is 0 Å². The number of sulfone groups is 1. The molecule has 2 N–H and O–H groups in total. The van der Waals surface area contributed by atoms with Gasteiger partial charge in [-0.1, -0.05) is 17.7 Å². The molecule has 0 aromatic heterocycles. The molecule has 0 radical (unpaired) electrons. The SMILES string of the molecule is CN(CCS(C)(=O)=O)c1ccc(CN)c(Cl)c1. The molecule has 1 aromatic rings. The lowest BCUT2D eigenvalue weighted by atomic mass is 10.2. The van der Waals surface area contributed by atoms with Gasteiger partial charge in [-0.25, -0.2) is 8.42 Å². The van der Waals surface area contributed by atoms with Gasteiger partial charge in [0.1, 0.15) is 9.84 Å². The zero-order chi connectivity index (χ0) is 13.1. The topological polar surface area (TPSA) is 63.4 Å². The molecule has 96 valence electrons. The van der Waals surface area contributed by atoms with E-state index in [2.05, 4.69) is 0 Å². The first-order chi connectivity index (χ1) is 7.83. The van der Waals surface area contributed by atoms with Gasteiger partial charge < -0.3 is 10.6 Å². The zero-order valence-electron chi connectivity index (χ0n) is 9.98. The molecule has 0 saturated heterocycles. The van der Waals surface area contributed by atoms with Crippen molar-refractivity contribution in [3.05, 3.63) is 28.8 Å². The Morgan fingerprint density at radius 1 is 1.41 bits per heavy atom. The lowest BCUT2D eigenvalue weighted by Gasteiger charge is -2.19. The van der Waals surface area contributed by atoms with E-state index in [-0.39, 0.29) is 5.75 Å². The highest BCUT2D eigenvalue weighted by atomic mass is 35.5. The summed E-state index contributed by atoms with van der Waals surface area (Å²) in [6, 6.07) is 5.54. The Bertz CT molecular complexity index is 488. The summed E-state index contributed by atoms with van der Waals surface area (Å²) in [7, 11) is -1.11. The van der Waals surface area contributed by atoms with Crippen molar-refractivity contribution in [1.82, 2.24) is 0 Å². The van der Waals surface area contributed by atoms with Gasteiger partial charge in [0.05, 0.1) is 5.75 Å². The highest BCUT2D eigenvalue weighted by Gasteiger charge is 2.08. The molecule has 0 amide bonds. The maximum atomic E-state index is 11.1. The van der Waals surface area contributed by atoms with Gasteiger partial charge in [0.2, 0.25) is 0 Å². The first-order valence-electron chi connectivity index (χ1n) is 5.21. The van der Waals surface area contributed by atoms with Crippen LogP contribution in [0.5, 0.6) is 0 Å². The number of hydrogen-bond donors (Lipinski definition) is 1. The van der Waals surface area contributed by atoms with E-state index in [1.54, 1.807) is 6.07 Å². The normalized spacial score (nSPS) is 11.5. The summed E-state index contributed by atoms with van der Waals surface area (Å²) in [5, 5.41) is 0.608. The molecule has 0 aliphatic heterocycles. The maximum Gasteiger partial charge on any atom is 0.149 e. The largest absolute Gasteiger partial charge is 0.374 e. The van der Waals surface area contributed by atoms with E-state index in [0.717, 1.165) is 11.3 Å². The zero-order valence-corrected chi connectivity index (χ0v) is 11.6. The minimum Gasteiger partial charge on any atom is -0.374 e. The predicted molar refractivity (Wildman–Crippen MR) is 72.3 cm³/mol. The van der Waals surface area contributed by atoms with Gasteiger partial charge in [-0.2, -0.15) is 0 Å². The van der Waals surface area contributed by atoms with Gasteiger partial charge in [-0.15, -0.1) is 0 Å². The quantitative estimate of drug-likeness (QED) is 0.880. The van der Waals surface area contributed by atoms with Gasteiger partial charge in [0, 0.05) is 37.1 Å². The van der Waals surface area contributed by atoms with Crippen molar-refractivity contribution in [3.63, 3.8) is 0 Å². The fraction of sp³-hybridized carbons (Fsp3) is 0.455. The molecule has 0 fully saturated rings. The molecule has 0 aliphatic carbocycles. The molecular weight excluding hydrogens is 260 g/mol. The second-order valence-corrected chi connectivity index (χ2v) is 6.70. The lowest BCUT2D eigenvalue weighted by Crippen LogP contribution is -2.24. The number of halogens is 1. The number of rotatable bonds is 5. The van der Waals surface area contributed by atoms with Crippen molar-refractivity contribution < 1.29 is 8.42 Å². The third kappa shape index (κ3) is 4.53. The van der Waals surface area contributed by atoms with Crippen LogP contribution in [-0.2, 0) is 16.4 Å². The number of anilines is 1. The van der Waals surface area contributed by atoms with Crippen LogP contribution in [0.25, 0.3) is 0 Å². The second kappa shape index (κ2) is 5.71. The first-order valence-corrected chi connectivity index (χ1v) is 7.64. The van der Waals surface area contributed by atoms with Crippen LogP contribution in [0.15, 0.2) is 18.2 Å². The van der Waals surface area contributed by atoms with Crippen molar-refractivity contribution in [2.24, 2.45) is 5.73 Å². The summed E-state index contributed by atoms with van der Waals surface area (Å²) < 4.78 is 22.1. The third-order valence-electron chi connectivity index (χ3n) is 2.49. The Hall–Kier alpha value is -0.780. The molecule has 0 spiro atoms. The van der Waals surface area contributed by atoms with E-state index in [4.69, 9.17) is 17.3 Å². The number of nitrogens with zero attached hydrogens (tertiary/aromatic N) is 1. The molecule has 1 aromatic carbocycles. The molecule has 0 saturated carbocycles. The maximum absolute atomic E-state index is 11.1. The minimum absolute atomic E-state index is 0.125. The summed E-state index contributed by atoms with van der Waals surface area (Å²) in [5.41, 5.74) is 7.28. The van der Waals surface area contributed by atoms with Gasteiger partial charge in [0.25, 0.3) is 0 Å². The van der Waals surface area contributed by atoms with Crippen LogP contribution in [-0.4, -0.2) is 34.0 Å². The minimum atomic E-state index is -2.94.